The fraction of sp³-hybridized carbons (Fsp3) is 0.455. The molecule has 0 radical (unpaired) electrons. The van der Waals surface area contributed by atoms with Gasteiger partial charge in [0.15, 0.2) is 5.78 Å². The first-order valence-corrected chi connectivity index (χ1v) is 5.51. The van der Waals surface area contributed by atoms with Crippen LogP contribution in [0.1, 0.15) is 46.0 Å². The summed E-state index contributed by atoms with van der Waals surface area (Å²) in [7, 11) is 0. The van der Waals surface area contributed by atoms with Crippen LogP contribution in [-0.2, 0) is 10.6 Å². The van der Waals surface area contributed by atoms with Gasteiger partial charge in [-0.1, -0.05) is 0 Å². The Labute approximate surface area is 98.9 Å². The van der Waals surface area contributed by atoms with Gasteiger partial charge in [0, 0.05) is 11.3 Å². The van der Waals surface area contributed by atoms with E-state index in [1.807, 2.05) is 0 Å². The molecule has 5 heteroatoms. The molecule has 1 N–H and O–H groups in total. The van der Waals surface area contributed by atoms with Gasteiger partial charge >= 0.3 is 5.97 Å². The molecule has 1 aromatic rings. The molecule has 0 fully saturated rings. The Morgan fingerprint density at radius 2 is 2.06 bits per heavy atom. The van der Waals surface area contributed by atoms with Crippen LogP contribution in [0, 0.1) is 6.92 Å². The van der Waals surface area contributed by atoms with Crippen LogP contribution in [0.4, 0.5) is 0 Å². The van der Waals surface area contributed by atoms with Gasteiger partial charge in [0.05, 0.1) is 12.5 Å². The maximum Gasteiger partial charge on any atom is 0.355 e. The van der Waals surface area contributed by atoms with E-state index < -0.39 is 5.97 Å². The number of ketones is 1. The van der Waals surface area contributed by atoms with Crippen molar-refractivity contribution in [2.24, 2.45) is 0 Å². The number of aromatic amines is 1. The lowest BCUT2D eigenvalue weighted by atomic mass is 10.1. The first kappa shape index (κ1) is 12.8. The van der Waals surface area contributed by atoms with Crippen LogP contribution < -0.4 is 0 Å². The van der Waals surface area contributed by atoms with Crippen molar-refractivity contribution in [2.75, 3.05) is 6.61 Å². The number of aromatic nitrogens is 1. The number of ether oxygens (including phenoxy) is 1. The normalized spacial score (nSPS) is 10.2. The zero-order valence-electron chi connectivity index (χ0n) is 9.52. The molecule has 0 saturated carbocycles. The van der Waals surface area contributed by atoms with Crippen molar-refractivity contribution >= 4 is 23.4 Å². The Morgan fingerprint density at radius 3 is 2.44 bits per heavy atom. The lowest BCUT2D eigenvalue weighted by Gasteiger charge is -2.00. The number of Topliss-reactive ketones (excluding diaryl/α,β-unsaturated/α-hetero) is 1. The van der Waals surface area contributed by atoms with Crippen molar-refractivity contribution in [3.63, 3.8) is 0 Å². The second-order valence-corrected chi connectivity index (χ2v) is 3.66. The summed E-state index contributed by atoms with van der Waals surface area (Å²) in [5.74, 6) is -0.409. The van der Waals surface area contributed by atoms with Crippen molar-refractivity contribution in [1.29, 1.82) is 0 Å². The monoisotopic (exact) mass is 243 g/mol. The predicted octanol–water partition coefficient (Wildman–Crippen LogP) is 2.44. The number of carbonyl (C=O) groups is 2. The van der Waals surface area contributed by atoms with Gasteiger partial charge in [-0.05, 0) is 26.3 Å². The summed E-state index contributed by atoms with van der Waals surface area (Å²) in [6.07, 6.45) is 0. The lowest BCUT2D eigenvalue weighted by Crippen LogP contribution is -2.07. The second-order valence-electron chi connectivity index (χ2n) is 3.39. The Morgan fingerprint density at radius 1 is 1.44 bits per heavy atom. The van der Waals surface area contributed by atoms with E-state index in [4.69, 9.17) is 16.3 Å². The summed E-state index contributed by atoms with van der Waals surface area (Å²) in [6, 6.07) is 0. The summed E-state index contributed by atoms with van der Waals surface area (Å²) in [4.78, 5) is 25.8. The number of halogens is 1. The fourth-order valence-electron chi connectivity index (χ4n) is 1.64. The highest BCUT2D eigenvalue weighted by molar-refractivity contribution is 6.18. The molecule has 0 amide bonds. The molecular formula is C11H14ClNO3. The molecule has 0 aliphatic carbocycles. The summed E-state index contributed by atoms with van der Waals surface area (Å²) in [5, 5.41) is 0. The molecule has 1 aromatic heterocycles. The van der Waals surface area contributed by atoms with Crippen molar-refractivity contribution in [1.82, 2.24) is 4.98 Å². The molecule has 0 atom stereocenters. The van der Waals surface area contributed by atoms with Crippen LogP contribution in [0.15, 0.2) is 0 Å². The maximum atomic E-state index is 11.6. The molecule has 0 unspecified atom stereocenters. The quantitative estimate of drug-likeness (QED) is 0.502. The average molecular weight is 244 g/mol. The van der Waals surface area contributed by atoms with E-state index in [0.717, 1.165) is 0 Å². The Bertz CT molecular complexity index is 423. The summed E-state index contributed by atoms with van der Waals surface area (Å²) >= 11 is 5.71. The Kier molecular flexibility index (Phi) is 4.12. The van der Waals surface area contributed by atoms with Crippen molar-refractivity contribution in [2.45, 2.75) is 26.7 Å². The highest BCUT2D eigenvalue weighted by Gasteiger charge is 2.21. The van der Waals surface area contributed by atoms with E-state index in [1.54, 1.807) is 13.8 Å². The number of carbonyl (C=O) groups excluding carboxylic acids is 2. The number of nitrogens with one attached hydrogen (secondary N) is 1. The number of hydrogen-bond donors (Lipinski definition) is 1. The van der Waals surface area contributed by atoms with E-state index in [2.05, 4.69) is 4.98 Å². The van der Waals surface area contributed by atoms with Gasteiger partial charge in [0.25, 0.3) is 0 Å². The molecule has 88 valence electrons. The molecule has 0 bridgehead atoms. The minimum Gasteiger partial charge on any atom is -0.461 e. The maximum absolute atomic E-state index is 11.6. The zero-order chi connectivity index (χ0) is 12.3. The largest absolute Gasteiger partial charge is 0.461 e. The molecule has 0 aromatic carbocycles. The summed E-state index contributed by atoms with van der Waals surface area (Å²) < 4.78 is 4.88. The van der Waals surface area contributed by atoms with Gasteiger partial charge in [-0.3, -0.25) is 4.79 Å². The van der Waals surface area contributed by atoms with E-state index in [-0.39, 0.29) is 11.7 Å². The second kappa shape index (κ2) is 5.16. The number of rotatable bonds is 4. The summed E-state index contributed by atoms with van der Waals surface area (Å²) in [5.41, 5.74) is 1.96. The van der Waals surface area contributed by atoms with E-state index in [0.29, 0.717) is 29.1 Å². The average Bonchev–Trinajstić information content (AvgIpc) is 2.55. The topological polar surface area (TPSA) is 59.2 Å². The SMILES string of the molecule is CCOC(=O)c1[nH]c(CCl)c(C(C)=O)c1C. The third kappa shape index (κ3) is 2.27. The van der Waals surface area contributed by atoms with Crippen LogP contribution in [-0.4, -0.2) is 23.3 Å². The number of H-pyrrole nitrogens is 1. The molecule has 0 saturated heterocycles. The predicted molar refractivity (Wildman–Crippen MR) is 61.0 cm³/mol. The molecule has 0 aliphatic heterocycles. The fourth-order valence-corrected chi connectivity index (χ4v) is 1.84. The minimum absolute atomic E-state index is 0.111. The van der Waals surface area contributed by atoms with Crippen molar-refractivity contribution in [3.8, 4) is 0 Å². The Hall–Kier alpha value is -1.29. The van der Waals surface area contributed by atoms with Crippen LogP contribution in [0.25, 0.3) is 0 Å². The van der Waals surface area contributed by atoms with Gasteiger partial charge in [-0.25, -0.2) is 4.79 Å². The van der Waals surface area contributed by atoms with Gasteiger partial charge < -0.3 is 9.72 Å². The van der Waals surface area contributed by atoms with Crippen LogP contribution in [0.5, 0.6) is 0 Å². The van der Waals surface area contributed by atoms with Crippen LogP contribution >= 0.6 is 11.6 Å². The van der Waals surface area contributed by atoms with Gasteiger partial charge in [0.1, 0.15) is 5.69 Å². The lowest BCUT2D eigenvalue weighted by molar-refractivity contribution is 0.0519. The summed E-state index contributed by atoms with van der Waals surface area (Å²) in [6.45, 7) is 5.17. The molecule has 0 aliphatic rings. The van der Waals surface area contributed by atoms with Gasteiger partial charge in [-0.15, -0.1) is 11.6 Å². The number of esters is 1. The van der Waals surface area contributed by atoms with Crippen LogP contribution in [0.3, 0.4) is 0 Å². The van der Waals surface area contributed by atoms with Crippen molar-refractivity contribution in [3.05, 3.63) is 22.5 Å². The van der Waals surface area contributed by atoms with Gasteiger partial charge in [0.2, 0.25) is 0 Å². The minimum atomic E-state index is -0.459. The standard InChI is InChI=1S/C11H14ClNO3/c1-4-16-11(15)10-6(2)9(7(3)14)8(5-12)13-10/h13H,4-5H2,1-3H3. The molecule has 1 rings (SSSR count). The molecular weight excluding hydrogens is 230 g/mol. The molecule has 4 nitrogen and oxygen atoms in total. The van der Waals surface area contributed by atoms with Crippen LogP contribution in [0.2, 0.25) is 0 Å². The molecule has 1 heterocycles. The number of hydrogen-bond acceptors (Lipinski definition) is 3. The van der Waals surface area contributed by atoms with Gasteiger partial charge in [-0.2, -0.15) is 0 Å². The Balaban J connectivity index is 3.23. The third-order valence-electron chi connectivity index (χ3n) is 2.29. The zero-order valence-corrected chi connectivity index (χ0v) is 10.3. The first-order valence-electron chi connectivity index (χ1n) is 4.98. The smallest absolute Gasteiger partial charge is 0.355 e. The molecule has 16 heavy (non-hydrogen) atoms. The third-order valence-corrected chi connectivity index (χ3v) is 2.56. The number of alkyl halides is 1. The van der Waals surface area contributed by atoms with E-state index in [1.165, 1.54) is 6.92 Å². The highest BCUT2D eigenvalue weighted by atomic mass is 35.5. The van der Waals surface area contributed by atoms with E-state index in [9.17, 15) is 9.59 Å². The van der Waals surface area contributed by atoms with E-state index >= 15 is 0 Å². The molecule has 0 spiro atoms. The van der Waals surface area contributed by atoms with Crippen molar-refractivity contribution < 1.29 is 14.3 Å². The highest BCUT2D eigenvalue weighted by Crippen LogP contribution is 2.21. The first-order chi connectivity index (χ1) is 7.52.